The van der Waals surface area contributed by atoms with Crippen LogP contribution in [0.4, 0.5) is 0 Å². The van der Waals surface area contributed by atoms with E-state index in [0.29, 0.717) is 23.0 Å². The number of nitrogens with zero attached hydrogens (tertiary/aromatic N) is 6. The van der Waals surface area contributed by atoms with Gasteiger partial charge in [-0.1, -0.05) is 146 Å². The predicted octanol–water partition coefficient (Wildman–Crippen LogP) is 12.6. The Labute approximate surface area is 334 Å². The summed E-state index contributed by atoms with van der Waals surface area (Å²) < 4.78 is 4.58. The Hall–Kier alpha value is -8.14. The molecule has 8 aromatic carbocycles. The molecule has 270 valence electrons. The number of para-hydroxylation sites is 4. The minimum absolute atomic E-state index is 0.595. The number of rotatable bonds is 6. The lowest BCUT2D eigenvalue weighted by atomic mass is 9.95. The molecule has 11 aromatic rings. The van der Waals surface area contributed by atoms with E-state index in [2.05, 4.69) is 112 Å². The number of fused-ring (bicyclic) bond motifs is 6. The largest absolute Gasteiger partial charge is 0.308 e. The number of hydrogen-bond donors (Lipinski definition) is 0. The van der Waals surface area contributed by atoms with E-state index in [1.54, 1.807) is 0 Å². The monoisotopic (exact) mass is 740 g/mol. The van der Waals surface area contributed by atoms with Crippen molar-refractivity contribution in [2.24, 2.45) is 0 Å². The Morgan fingerprint density at radius 3 is 1.53 bits per heavy atom. The molecule has 3 heterocycles. The molecule has 6 nitrogen and oxygen atoms in total. The number of benzene rings is 8. The average molecular weight is 741 g/mol. The second kappa shape index (κ2) is 13.6. The second-order valence-electron chi connectivity index (χ2n) is 14.3. The summed E-state index contributed by atoms with van der Waals surface area (Å²) in [5, 5.41) is 14.8. The Balaban J connectivity index is 1.19. The Morgan fingerprint density at radius 2 is 0.862 bits per heavy atom. The molecule has 0 amide bonds. The number of nitriles is 1. The van der Waals surface area contributed by atoms with Gasteiger partial charge in [0.05, 0.1) is 33.3 Å². The molecule has 0 radical (unpaired) electrons. The maximum Gasteiger partial charge on any atom is 0.166 e. The molecule has 0 bridgehead atoms. The van der Waals surface area contributed by atoms with Crippen LogP contribution in [-0.2, 0) is 0 Å². The smallest absolute Gasteiger partial charge is 0.166 e. The number of hydrogen-bond acceptors (Lipinski definition) is 4. The first-order chi connectivity index (χ1) is 28.8. The van der Waals surface area contributed by atoms with Crippen LogP contribution in [0.2, 0.25) is 0 Å². The van der Waals surface area contributed by atoms with Crippen LogP contribution in [0.15, 0.2) is 194 Å². The number of aromatic nitrogens is 5. The summed E-state index contributed by atoms with van der Waals surface area (Å²) in [7, 11) is 0. The third-order valence-corrected chi connectivity index (χ3v) is 11.0. The molecule has 0 atom stereocenters. The summed E-state index contributed by atoms with van der Waals surface area (Å²) in [5.74, 6) is 1.83. The molecule has 0 aliphatic carbocycles. The second-order valence-corrected chi connectivity index (χ2v) is 14.3. The maximum absolute atomic E-state index is 10.4. The molecule has 6 heteroatoms. The van der Waals surface area contributed by atoms with Crippen LogP contribution in [0, 0.1) is 11.3 Å². The van der Waals surface area contributed by atoms with Crippen LogP contribution in [0.5, 0.6) is 0 Å². The lowest BCUT2D eigenvalue weighted by Crippen LogP contribution is -2.03. The highest BCUT2D eigenvalue weighted by molar-refractivity contribution is 6.22. The molecule has 0 saturated carbocycles. The van der Waals surface area contributed by atoms with E-state index in [1.165, 1.54) is 0 Å². The highest BCUT2D eigenvalue weighted by Crippen LogP contribution is 2.45. The molecule has 0 fully saturated rings. The van der Waals surface area contributed by atoms with Crippen LogP contribution in [0.3, 0.4) is 0 Å². The van der Waals surface area contributed by atoms with E-state index < -0.39 is 0 Å². The fourth-order valence-corrected chi connectivity index (χ4v) is 8.57. The average Bonchev–Trinajstić information content (AvgIpc) is 3.83. The van der Waals surface area contributed by atoms with Gasteiger partial charge < -0.3 is 9.13 Å². The normalized spacial score (nSPS) is 11.4. The Kier molecular flexibility index (Phi) is 7.76. The molecule has 0 aliphatic heterocycles. The minimum atomic E-state index is 0.595. The topological polar surface area (TPSA) is 72.3 Å². The van der Waals surface area contributed by atoms with E-state index in [9.17, 15) is 5.26 Å². The van der Waals surface area contributed by atoms with Gasteiger partial charge in [-0.15, -0.1) is 0 Å². The third kappa shape index (κ3) is 5.22. The molecule has 0 spiro atoms. The summed E-state index contributed by atoms with van der Waals surface area (Å²) in [6, 6.07) is 69.1. The van der Waals surface area contributed by atoms with Crippen LogP contribution >= 0.6 is 0 Å². The van der Waals surface area contributed by atoms with E-state index in [1.807, 2.05) is 97.1 Å². The van der Waals surface area contributed by atoms with Gasteiger partial charge in [0.1, 0.15) is 6.07 Å². The lowest BCUT2D eigenvalue weighted by molar-refractivity contribution is 1.06. The van der Waals surface area contributed by atoms with Crippen molar-refractivity contribution in [1.29, 1.82) is 5.26 Å². The quantitative estimate of drug-likeness (QED) is 0.170. The van der Waals surface area contributed by atoms with Crippen molar-refractivity contribution in [3.8, 4) is 62.7 Å². The summed E-state index contributed by atoms with van der Waals surface area (Å²) >= 11 is 0. The first kappa shape index (κ1) is 33.2. The molecule has 0 aliphatic rings. The molecule has 3 aromatic heterocycles. The van der Waals surface area contributed by atoms with Gasteiger partial charge in [-0.3, -0.25) is 0 Å². The van der Waals surface area contributed by atoms with E-state index >= 15 is 0 Å². The lowest BCUT2D eigenvalue weighted by Gasteiger charge is -2.15. The molecular formula is C52H32N6. The van der Waals surface area contributed by atoms with Crippen LogP contribution in [0.25, 0.3) is 100 Å². The van der Waals surface area contributed by atoms with Crippen molar-refractivity contribution in [3.63, 3.8) is 0 Å². The third-order valence-electron chi connectivity index (χ3n) is 11.0. The van der Waals surface area contributed by atoms with Crippen LogP contribution < -0.4 is 0 Å². The van der Waals surface area contributed by atoms with Crippen molar-refractivity contribution in [2.75, 3.05) is 0 Å². The zero-order chi connectivity index (χ0) is 38.6. The SMILES string of the molecule is N#Cc1cccc2c3c(-c4cccc5c4c4ccccc4n5-c4ccccc4-c4nc(-c5ccccc5)nc(-c5ccccc5)n4)cccc3n(-c3ccccc3)c12. The fraction of sp³-hybridized carbons (Fsp3) is 0. The van der Waals surface area contributed by atoms with Crippen molar-refractivity contribution >= 4 is 43.6 Å². The summed E-state index contributed by atoms with van der Waals surface area (Å²) in [6.45, 7) is 0. The van der Waals surface area contributed by atoms with Crippen molar-refractivity contribution < 1.29 is 0 Å². The van der Waals surface area contributed by atoms with E-state index in [4.69, 9.17) is 15.0 Å². The molecular weight excluding hydrogens is 709 g/mol. The van der Waals surface area contributed by atoms with Gasteiger partial charge in [-0.25, -0.2) is 15.0 Å². The molecule has 0 N–H and O–H groups in total. The van der Waals surface area contributed by atoms with Crippen molar-refractivity contribution in [1.82, 2.24) is 24.1 Å². The van der Waals surface area contributed by atoms with Gasteiger partial charge in [0.2, 0.25) is 0 Å². The Bertz CT molecular complexity index is 3340. The van der Waals surface area contributed by atoms with Crippen LogP contribution in [0.1, 0.15) is 5.56 Å². The molecule has 11 rings (SSSR count). The molecule has 0 unspecified atom stereocenters. The van der Waals surface area contributed by atoms with Crippen molar-refractivity contribution in [2.45, 2.75) is 0 Å². The van der Waals surface area contributed by atoms with Crippen molar-refractivity contribution in [3.05, 3.63) is 200 Å². The summed E-state index contributed by atoms with van der Waals surface area (Å²) in [5.41, 5.74) is 11.7. The zero-order valence-electron chi connectivity index (χ0n) is 31.2. The zero-order valence-corrected chi connectivity index (χ0v) is 31.2. The highest BCUT2D eigenvalue weighted by Gasteiger charge is 2.23. The first-order valence-electron chi connectivity index (χ1n) is 19.3. The Morgan fingerprint density at radius 1 is 0.379 bits per heavy atom. The van der Waals surface area contributed by atoms with Gasteiger partial charge in [0, 0.05) is 43.9 Å². The molecule has 58 heavy (non-hydrogen) atoms. The first-order valence-corrected chi connectivity index (χ1v) is 19.3. The van der Waals surface area contributed by atoms with E-state index in [0.717, 1.165) is 82.8 Å². The van der Waals surface area contributed by atoms with E-state index in [-0.39, 0.29) is 0 Å². The fourth-order valence-electron chi connectivity index (χ4n) is 8.57. The summed E-state index contributed by atoms with van der Waals surface area (Å²) in [4.78, 5) is 15.2. The minimum Gasteiger partial charge on any atom is -0.308 e. The highest BCUT2D eigenvalue weighted by atomic mass is 15.1. The molecule has 0 saturated heterocycles. The van der Waals surface area contributed by atoms with Crippen LogP contribution in [-0.4, -0.2) is 24.1 Å². The van der Waals surface area contributed by atoms with Gasteiger partial charge in [-0.05, 0) is 59.7 Å². The van der Waals surface area contributed by atoms with Gasteiger partial charge in [0.15, 0.2) is 17.5 Å². The van der Waals surface area contributed by atoms with Gasteiger partial charge in [-0.2, -0.15) is 5.26 Å². The summed E-state index contributed by atoms with van der Waals surface area (Å²) in [6.07, 6.45) is 0. The van der Waals surface area contributed by atoms with Gasteiger partial charge >= 0.3 is 0 Å². The predicted molar refractivity (Wildman–Crippen MR) is 235 cm³/mol. The standard InChI is InChI=1S/C52H32N6/c53-33-36-21-14-28-42-48-39(27-15-31-45(48)57(49(36)42)37-22-8-3-9-23-37)38-26-16-32-46-47(38)40-24-10-12-29-43(40)58(46)44-30-13-11-25-41(44)52-55-50(34-17-4-1-5-18-34)54-51(56-52)35-19-6-2-7-20-35/h1-32H. The maximum atomic E-state index is 10.4. The van der Waals surface area contributed by atoms with Gasteiger partial charge in [0.25, 0.3) is 0 Å².